The molecule has 0 aliphatic heterocycles. The molecule has 0 amide bonds. The standard InChI is InChI=1S/C11H13N5/c1-8-6-9(2)15-11(14-8)12-7-10-4-3-5-13-16-10/h3-6H,7H2,1-2H3,(H,12,14,15). The first-order chi connectivity index (χ1) is 7.74. The second kappa shape index (κ2) is 4.65. The van der Waals surface area contributed by atoms with Crippen molar-refractivity contribution >= 4 is 5.95 Å². The van der Waals surface area contributed by atoms with Crippen LogP contribution in [0.5, 0.6) is 0 Å². The fourth-order valence-electron chi connectivity index (χ4n) is 1.40. The number of hydrogen-bond acceptors (Lipinski definition) is 5. The Hall–Kier alpha value is -2.04. The zero-order valence-corrected chi connectivity index (χ0v) is 9.31. The molecule has 82 valence electrons. The molecular weight excluding hydrogens is 202 g/mol. The molecule has 0 atom stereocenters. The molecule has 0 aliphatic rings. The van der Waals surface area contributed by atoms with Crippen molar-refractivity contribution in [1.29, 1.82) is 0 Å². The van der Waals surface area contributed by atoms with Crippen molar-refractivity contribution < 1.29 is 0 Å². The first kappa shape index (κ1) is 10.5. The van der Waals surface area contributed by atoms with Crippen LogP contribution in [-0.4, -0.2) is 20.2 Å². The first-order valence-electron chi connectivity index (χ1n) is 5.07. The van der Waals surface area contributed by atoms with E-state index in [-0.39, 0.29) is 0 Å². The second-order valence-corrected chi connectivity index (χ2v) is 3.54. The van der Waals surface area contributed by atoms with Crippen LogP contribution in [0.4, 0.5) is 5.95 Å². The van der Waals surface area contributed by atoms with E-state index in [4.69, 9.17) is 0 Å². The summed E-state index contributed by atoms with van der Waals surface area (Å²) in [7, 11) is 0. The van der Waals surface area contributed by atoms with Gasteiger partial charge < -0.3 is 5.32 Å². The number of nitrogens with one attached hydrogen (secondary N) is 1. The Bertz CT molecular complexity index is 449. The van der Waals surface area contributed by atoms with Crippen LogP contribution >= 0.6 is 0 Å². The average molecular weight is 215 g/mol. The molecule has 0 fully saturated rings. The number of aryl methyl sites for hydroxylation is 2. The van der Waals surface area contributed by atoms with Crippen molar-refractivity contribution in [3.8, 4) is 0 Å². The lowest BCUT2D eigenvalue weighted by Gasteiger charge is -2.05. The predicted molar refractivity (Wildman–Crippen MR) is 60.9 cm³/mol. The fourth-order valence-corrected chi connectivity index (χ4v) is 1.40. The van der Waals surface area contributed by atoms with Crippen LogP contribution in [0.3, 0.4) is 0 Å². The van der Waals surface area contributed by atoms with Crippen LogP contribution in [0.1, 0.15) is 17.1 Å². The van der Waals surface area contributed by atoms with Crippen molar-refractivity contribution in [2.75, 3.05) is 5.32 Å². The minimum Gasteiger partial charge on any atom is -0.348 e. The van der Waals surface area contributed by atoms with Crippen molar-refractivity contribution in [3.63, 3.8) is 0 Å². The van der Waals surface area contributed by atoms with Crippen LogP contribution in [0, 0.1) is 13.8 Å². The molecule has 5 nitrogen and oxygen atoms in total. The van der Waals surface area contributed by atoms with Crippen molar-refractivity contribution in [3.05, 3.63) is 41.5 Å². The molecule has 0 unspecified atom stereocenters. The van der Waals surface area contributed by atoms with Gasteiger partial charge in [-0.3, -0.25) is 0 Å². The van der Waals surface area contributed by atoms with Crippen LogP contribution in [0.15, 0.2) is 24.4 Å². The number of rotatable bonds is 3. The maximum atomic E-state index is 4.28. The molecule has 1 N–H and O–H groups in total. The minimum atomic E-state index is 0.580. The predicted octanol–water partition coefficient (Wildman–Crippen LogP) is 1.50. The summed E-state index contributed by atoms with van der Waals surface area (Å²) in [5.41, 5.74) is 2.77. The van der Waals surface area contributed by atoms with Gasteiger partial charge in [0.2, 0.25) is 5.95 Å². The van der Waals surface area contributed by atoms with Crippen molar-refractivity contribution in [1.82, 2.24) is 20.2 Å². The van der Waals surface area contributed by atoms with Crippen molar-refractivity contribution in [2.45, 2.75) is 20.4 Å². The highest BCUT2D eigenvalue weighted by Gasteiger charge is 1.99. The molecule has 2 rings (SSSR count). The third-order valence-corrected chi connectivity index (χ3v) is 2.04. The van der Waals surface area contributed by atoms with E-state index in [1.807, 2.05) is 32.0 Å². The Morgan fingerprint density at radius 2 is 1.94 bits per heavy atom. The van der Waals surface area contributed by atoms with Gasteiger partial charge in [-0.05, 0) is 32.0 Å². The topological polar surface area (TPSA) is 63.6 Å². The zero-order valence-electron chi connectivity index (χ0n) is 9.31. The fraction of sp³-hybridized carbons (Fsp3) is 0.273. The second-order valence-electron chi connectivity index (χ2n) is 3.54. The number of nitrogens with zero attached hydrogens (tertiary/aromatic N) is 4. The van der Waals surface area contributed by atoms with Gasteiger partial charge >= 0.3 is 0 Å². The summed E-state index contributed by atoms with van der Waals surface area (Å²) >= 11 is 0. The molecule has 0 aliphatic carbocycles. The lowest BCUT2D eigenvalue weighted by atomic mass is 10.3. The normalized spacial score (nSPS) is 10.1. The van der Waals surface area contributed by atoms with Crippen LogP contribution in [0.25, 0.3) is 0 Å². The van der Waals surface area contributed by atoms with Gasteiger partial charge in [0.15, 0.2) is 0 Å². The highest BCUT2D eigenvalue weighted by atomic mass is 15.1. The molecule has 2 heterocycles. The average Bonchev–Trinajstić information content (AvgIpc) is 2.27. The Morgan fingerprint density at radius 3 is 2.56 bits per heavy atom. The van der Waals surface area contributed by atoms with Gasteiger partial charge in [0.25, 0.3) is 0 Å². The van der Waals surface area contributed by atoms with Crippen LogP contribution in [0.2, 0.25) is 0 Å². The summed E-state index contributed by atoms with van der Waals surface area (Å²) in [5.74, 6) is 0.628. The Morgan fingerprint density at radius 1 is 1.19 bits per heavy atom. The summed E-state index contributed by atoms with van der Waals surface area (Å²) in [6.45, 7) is 4.47. The number of aromatic nitrogens is 4. The molecule has 5 heteroatoms. The summed E-state index contributed by atoms with van der Waals surface area (Å²) in [6.07, 6.45) is 1.65. The summed E-state index contributed by atoms with van der Waals surface area (Å²) in [6, 6.07) is 5.70. The summed E-state index contributed by atoms with van der Waals surface area (Å²) < 4.78 is 0. The minimum absolute atomic E-state index is 0.580. The number of anilines is 1. The molecular formula is C11H13N5. The quantitative estimate of drug-likeness (QED) is 0.840. The van der Waals surface area contributed by atoms with Crippen LogP contribution < -0.4 is 5.32 Å². The molecule has 2 aromatic rings. The van der Waals surface area contributed by atoms with Gasteiger partial charge in [0.05, 0.1) is 12.2 Å². The number of hydrogen-bond donors (Lipinski definition) is 1. The Kier molecular flexibility index (Phi) is 3.05. The summed E-state index contributed by atoms with van der Waals surface area (Å²) in [4.78, 5) is 8.56. The third kappa shape index (κ3) is 2.73. The molecule has 0 saturated carbocycles. The van der Waals surface area contributed by atoms with E-state index in [0.29, 0.717) is 12.5 Å². The van der Waals surface area contributed by atoms with Gasteiger partial charge in [-0.2, -0.15) is 10.2 Å². The molecule has 0 aromatic carbocycles. The highest BCUT2D eigenvalue weighted by Crippen LogP contribution is 2.04. The SMILES string of the molecule is Cc1cc(C)nc(NCc2cccnn2)n1. The van der Waals surface area contributed by atoms with E-state index >= 15 is 0 Å². The Labute approximate surface area is 94.0 Å². The Balaban J connectivity index is 2.05. The van der Waals surface area contributed by atoms with E-state index in [1.54, 1.807) is 6.20 Å². The molecule has 0 saturated heterocycles. The van der Waals surface area contributed by atoms with Crippen molar-refractivity contribution in [2.24, 2.45) is 0 Å². The summed E-state index contributed by atoms with van der Waals surface area (Å²) in [5, 5.41) is 10.9. The van der Waals surface area contributed by atoms with E-state index in [9.17, 15) is 0 Å². The van der Waals surface area contributed by atoms with E-state index in [0.717, 1.165) is 17.1 Å². The smallest absolute Gasteiger partial charge is 0.223 e. The first-order valence-corrected chi connectivity index (χ1v) is 5.07. The lowest BCUT2D eigenvalue weighted by Crippen LogP contribution is -2.06. The van der Waals surface area contributed by atoms with Gasteiger partial charge in [-0.1, -0.05) is 0 Å². The van der Waals surface area contributed by atoms with Gasteiger partial charge in [0.1, 0.15) is 0 Å². The van der Waals surface area contributed by atoms with E-state index in [1.165, 1.54) is 0 Å². The maximum absolute atomic E-state index is 4.28. The molecule has 0 radical (unpaired) electrons. The van der Waals surface area contributed by atoms with Gasteiger partial charge in [0, 0.05) is 17.6 Å². The largest absolute Gasteiger partial charge is 0.348 e. The third-order valence-electron chi connectivity index (χ3n) is 2.04. The van der Waals surface area contributed by atoms with Gasteiger partial charge in [-0.25, -0.2) is 9.97 Å². The maximum Gasteiger partial charge on any atom is 0.223 e. The monoisotopic (exact) mass is 215 g/mol. The highest BCUT2D eigenvalue weighted by molar-refractivity contribution is 5.28. The molecule has 0 bridgehead atoms. The van der Waals surface area contributed by atoms with Crippen LogP contribution in [-0.2, 0) is 6.54 Å². The van der Waals surface area contributed by atoms with E-state index < -0.39 is 0 Å². The van der Waals surface area contributed by atoms with Gasteiger partial charge in [-0.15, -0.1) is 0 Å². The molecule has 2 aromatic heterocycles. The molecule has 16 heavy (non-hydrogen) atoms. The zero-order chi connectivity index (χ0) is 11.4. The van der Waals surface area contributed by atoms with E-state index in [2.05, 4.69) is 25.5 Å². The molecule has 0 spiro atoms. The lowest BCUT2D eigenvalue weighted by molar-refractivity contribution is 0.907.